The zero-order valence-electron chi connectivity index (χ0n) is 17.0. The van der Waals surface area contributed by atoms with Crippen molar-refractivity contribution in [2.45, 2.75) is 25.5 Å². The maximum Gasteiger partial charge on any atom is 0.307 e. The Hall–Kier alpha value is -3.17. The van der Waals surface area contributed by atoms with Crippen LogP contribution in [0.25, 0.3) is 22.4 Å². The van der Waals surface area contributed by atoms with E-state index in [4.69, 9.17) is 0 Å². The van der Waals surface area contributed by atoms with E-state index >= 15 is 0 Å². The van der Waals surface area contributed by atoms with Gasteiger partial charge in [0.1, 0.15) is 0 Å². The molecule has 0 aliphatic heterocycles. The Balaban J connectivity index is 1.63. The van der Waals surface area contributed by atoms with E-state index in [1.165, 1.54) is 23.1 Å². The van der Waals surface area contributed by atoms with Crippen molar-refractivity contribution < 1.29 is 0 Å². The van der Waals surface area contributed by atoms with Crippen LogP contribution in [0.5, 0.6) is 0 Å². The molecule has 0 amide bonds. The van der Waals surface area contributed by atoms with Gasteiger partial charge in [-0.2, -0.15) is 0 Å². The standard InChI is InChI=1S/C22H19N5O2S2/c1-14-7-9-16(10-8-14)26-19(28)17-5-3-4-6-18(17)27-20(26)23-24-21(27)30-12-11-25-15(2)13-31-22(25)29/h3-10,13H,11-12H2,1-2H3. The fourth-order valence-electron chi connectivity index (χ4n) is 3.60. The van der Waals surface area contributed by atoms with Crippen molar-refractivity contribution in [1.29, 1.82) is 0 Å². The third-order valence-electron chi connectivity index (χ3n) is 5.21. The highest BCUT2D eigenvalue weighted by molar-refractivity contribution is 7.99. The third-order valence-corrected chi connectivity index (χ3v) is 7.00. The Morgan fingerprint density at radius 3 is 2.52 bits per heavy atom. The number of hydrogen-bond donors (Lipinski definition) is 0. The lowest BCUT2D eigenvalue weighted by molar-refractivity contribution is 0.729. The predicted molar refractivity (Wildman–Crippen MR) is 125 cm³/mol. The van der Waals surface area contributed by atoms with E-state index in [0.29, 0.717) is 28.6 Å². The molecule has 0 fully saturated rings. The van der Waals surface area contributed by atoms with Crippen LogP contribution in [0.1, 0.15) is 11.3 Å². The topological polar surface area (TPSA) is 74.2 Å². The van der Waals surface area contributed by atoms with E-state index in [-0.39, 0.29) is 10.4 Å². The molecule has 3 aromatic heterocycles. The highest BCUT2D eigenvalue weighted by Crippen LogP contribution is 2.23. The fraction of sp³-hybridized carbons (Fsp3) is 0.182. The average molecular weight is 450 g/mol. The summed E-state index contributed by atoms with van der Waals surface area (Å²) in [7, 11) is 0. The summed E-state index contributed by atoms with van der Waals surface area (Å²) in [6.07, 6.45) is 0. The van der Waals surface area contributed by atoms with E-state index in [1.54, 1.807) is 9.13 Å². The summed E-state index contributed by atoms with van der Waals surface area (Å²) in [5.41, 5.74) is 3.46. The van der Waals surface area contributed by atoms with Crippen molar-refractivity contribution in [2.75, 3.05) is 5.75 Å². The van der Waals surface area contributed by atoms with E-state index in [1.807, 2.05) is 72.2 Å². The molecular formula is C22H19N5O2S2. The fourth-order valence-corrected chi connectivity index (χ4v) is 5.23. The Kier molecular flexibility index (Phi) is 4.99. The molecule has 9 heteroatoms. The third kappa shape index (κ3) is 3.39. The van der Waals surface area contributed by atoms with Crippen LogP contribution < -0.4 is 10.4 Å². The van der Waals surface area contributed by atoms with E-state index < -0.39 is 0 Å². The van der Waals surface area contributed by atoms with Gasteiger partial charge in [-0.25, -0.2) is 4.57 Å². The van der Waals surface area contributed by atoms with Crippen molar-refractivity contribution in [2.24, 2.45) is 0 Å². The van der Waals surface area contributed by atoms with Gasteiger partial charge in [0, 0.05) is 23.4 Å². The lowest BCUT2D eigenvalue weighted by Gasteiger charge is -2.11. The minimum Gasteiger partial charge on any atom is -0.303 e. The first-order chi connectivity index (χ1) is 15.0. The monoisotopic (exact) mass is 449 g/mol. The molecule has 0 atom stereocenters. The molecule has 0 bridgehead atoms. The van der Waals surface area contributed by atoms with E-state index in [2.05, 4.69) is 10.2 Å². The van der Waals surface area contributed by atoms with Crippen LogP contribution in [0.4, 0.5) is 0 Å². The molecule has 5 aromatic rings. The number of aryl methyl sites for hydroxylation is 2. The zero-order valence-corrected chi connectivity index (χ0v) is 18.6. The molecule has 0 aliphatic carbocycles. The molecule has 7 nitrogen and oxygen atoms in total. The van der Waals surface area contributed by atoms with Crippen molar-refractivity contribution in [3.63, 3.8) is 0 Å². The maximum atomic E-state index is 13.3. The zero-order chi connectivity index (χ0) is 21.5. The van der Waals surface area contributed by atoms with Gasteiger partial charge in [-0.15, -0.1) is 10.2 Å². The Morgan fingerprint density at radius 1 is 1.00 bits per heavy atom. The minimum absolute atomic E-state index is 0.0443. The van der Waals surface area contributed by atoms with Gasteiger partial charge in [0.25, 0.3) is 5.56 Å². The summed E-state index contributed by atoms with van der Waals surface area (Å²) < 4.78 is 5.29. The Morgan fingerprint density at radius 2 is 1.77 bits per heavy atom. The van der Waals surface area contributed by atoms with Gasteiger partial charge in [0.2, 0.25) is 5.78 Å². The predicted octanol–water partition coefficient (Wildman–Crippen LogP) is 3.67. The number of nitrogens with zero attached hydrogens (tertiary/aromatic N) is 5. The second-order valence-corrected chi connectivity index (χ2v) is 9.14. The molecule has 0 saturated heterocycles. The van der Waals surface area contributed by atoms with Gasteiger partial charge in [0.15, 0.2) is 5.16 Å². The van der Waals surface area contributed by atoms with Gasteiger partial charge in [0.05, 0.1) is 16.6 Å². The Bertz CT molecular complexity index is 1530. The summed E-state index contributed by atoms with van der Waals surface area (Å²) in [6, 6.07) is 15.3. The summed E-state index contributed by atoms with van der Waals surface area (Å²) in [5.74, 6) is 1.13. The van der Waals surface area contributed by atoms with Crippen LogP contribution in [0.3, 0.4) is 0 Å². The van der Waals surface area contributed by atoms with Crippen molar-refractivity contribution in [3.8, 4) is 5.69 Å². The molecular weight excluding hydrogens is 430 g/mol. The molecule has 31 heavy (non-hydrogen) atoms. The molecule has 3 heterocycles. The Labute approximate surface area is 185 Å². The molecule has 0 N–H and O–H groups in total. The lowest BCUT2D eigenvalue weighted by Crippen LogP contribution is -2.21. The number of rotatable bonds is 5. The second-order valence-electron chi connectivity index (χ2n) is 7.25. The first kappa shape index (κ1) is 19.8. The van der Waals surface area contributed by atoms with Gasteiger partial charge in [-0.1, -0.05) is 52.9 Å². The lowest BCUT2D eigenvalue weighted by atomic mass is 10.2. The summed E-state index contributed by atoms with van der Waals surface area (Å²) in [5, 5.41) is 11.9. The van der Waals surface area contributed by atoms with Crippen LogP contribution in [0, 0.1) is 13.8 Å². The minimum atomic E-state index is -0.128. The largest absolute Gasteiger partial charge is 0.307 e. The first-order valence-corrected chi connectivity index (χ1v) is 11.6. The SMILES string of the molecule is Cc1ccc(-n2c(=O)c3ccccc3n3c(SCCn4c(C)csc4=O)nnc23)cc1. The van der Waals surface area contributed by atoms with Gasteiger partial charge in [-0.05, 0) is 38.1 Å². The number of para-hydroxylation sites is 1. The molecule has 156 valence electrons. The van der Waals surface area contributed by atoms with Crippen LogP contribution in [-0.2, 0) is 6.54 Å². The molecule has 2 aromatic carbocycles. The summed E-state index contributed by atoms with van der Waals surface area (Å²) in [4.78, 5) is 25.3. The highest BCUT2D eigenvalue weighted by Gasteiger charge is 2.18. The van der Waals surface area contributed by atoms with Crippen molar-refractivity contribution >= 4 is 39.8 Å². The molecule has 5 rings (SSSR count). The van der Waals surface area contributed by atoms with Crippen molar-refractivity contribution in [1.82, 2.24) is 23.7 Å². The maximum absolute atomic E-state index is 13.3. The number of hydrogen-bond acceptors (Lipinski definition) is 6. The number of thioether (sulfide) groups is 1. The molecule has 0 saturated carbocycles. The van der Waals surface area contributed by atoms with Gasteiger partial charge in [-0.3, -0.25) is 14.0 Å². The molecule has 0 unspecified atom stereocenters. The molecule has 0 spiro atoms. The summed E-state index contributed by atoms with van der Waals surface area (Å²) in [6.45, 7) is 4.53. The smallest absolute Gasteiger partial charge is 0.303 e. The number of thiazole rings is 1. The van der Waals surface area contributed by atoms with E-state index in [9.17, 15) is 9.59 Å². The van der Waals surface area contributed by atoms with Crippen molar-refractivity contribution in [3.05, 3.63) is 85.2 Å². The van der Waals surface area contributed by atoms with Crippen LogP contribution in [0.15, 0.2) is 68.7 Å². The number of aromatic nitrogens is 5. The van der Waals surface area contributed by atoms with Gasteiger partial charge < -0.3 is 4.57 Å². The normalized spacial score (nSPS) is 11.5. The molecule has 0 aliphatic rings. The van der Waals surface area contributed by atoms with Gasteiger partial charge >= 0.3 is 4.87 Å². The average Bonchev–Trinajstić information content (AvgIpc) is 3.33. The molecule has 0 radical (unpaired) electrons. The van der Waals surface area contributed by atoms with E-state index in [0.717, 1.165) is 22.5 Å². The quantitative estimate of drug-likeness (QED) is 0.383. The first-order valence-electron chi connectivity index (χ1n) is 9.78. The highest BCUT2D eigenvalue weighted by atomic mass is 32.2. The van der Waals surface area contributed by atoms with Crippen LogP contribution in [-0.4, -0.2) is 29.5 Å². The summed E-state index contributed by atoms with van der Waals surface area (Å²) >= 11 is 2.73. The second kappa shape index (κ2) is 7.82. The van der Waals surface area contributed by atoms with Crippen LogP contribution in [0.2, 0.25) is 0 Å². The number of fused-ring (bicyclic) bond motifs is 3. The number of benzene rings is 2. The van der Waals surface area contributed by atoms with Crippen LogP contribution >= 0.6 is 23.1 Å².